The summed E-state index contributed by atoms with van der Waals surface area (Å²) in [6.07, 6.45) is 2.07. The summed E-state index contributed by atoms with van der Waals surface area (Å²) in [5, 5.41) is 16.9. The molecule has 3 aromatic rings. The Hall–Kier alpha value is -3.22. The van der Waals surface area contributed by atoms with Crippen LogP contribution in [0.5, 0.6) is 0 Å². The van der Waals surface area contributed by atoms with Gasteiger partial charge < -0.3 is 14.9 Å². The highest BCUT2D eigenvalue weighted by Gasteiger charge is 2.31. The zero-order valence-corrected chi connectivity index (χ0v) is 15.7. The first-order chi connectivity index (χ1) is 13.5. The van der Waals surface area contributed by atoms with Gasteiger partial charge in [0, 0.05) is 11.6 Å². The molecule has 7 nitrogen and oxygen atoms in total. The number of benzene rings is 1. The second-order valence-corrected chi connectivity index (χ2v) is 7.31. The van der Waals surface area contributed by atoms with E-state index in [1.54, 1.807) is 19.9 Å². The number of carboxylic acid groups (broad SMARTS) is 1. The van der Waals surface area contributed by atoms with Gasteiger partial charge in [0.25, 0.3) is 11.6 Å². The fraction of sp³-hybridized carbons (Fsp3) is 0.333. The molecule has 2 unspecified atom stereocenters. The summed E-state index contributed by atoms with van der Waals surface area (Å²) < 4.78 is 5.30. The lowest BCUT2D eigenvalue weighted by molar-refractivity contribution is -0.142. The number of pyridine rings is 1. The number of nitrogens with one attached hydrogen (secondary N) is 1. The number of aliphatic carboxylic acids is 1. The van der Waals surface area contributed by atoms with Crippen LogP contribution < -0.4 is 5.32 Å². The van der Waals surface area contributed by atoms with Gasteiger partial charge in [0.1, 0.15) is 0 Å². The molecule has 0 radical (unpaired) electrons. The molecule has 28 heavy (non-hydrogen) atoms. The van der Waals surface area contributed by atoms with Crippen LogP contribution in [0.2, 0.25) is 0 Å². The molecule has 1 aliphatic rings. The Labute approximate surface area is 161 Å². The molecule has 0 saturated heterocycles. The Morgan fingerprint density at radius 2 is 1.96 bits per heavy atom. The van der Waals surface area contributed by atoms with Gasteiger partial charge in [0.05, 0.1) is 28.6 Å². The van der Waals surface area contributed by atoms with Gasteiger partial charge in [-0.25, -0.2) is 4.98 Å². The summed E-state index contributed by atoms with van der Waals surface area (Å²) in [6.45, 7) is 3.35. The topological polar surface area (TPSA) is 105 Å². The van der Waals surface area contributed by atoms with Crippen LogP contribution in [0, 0.1) is 12.8 Å². The Bertz CT molecular complexity index is 1040. The average Bonchev–Trinajstić information content (AvgIpc) is 3.49. The van der Waals surface area contributed by atoms with Crippen LogP contribution in [0.15, 0.2) is 40.9 Å². The molecule has 2 aromatic heterocycles. The lowest BCUT2D eigenvalue weighted by atomic mass is 9.94. The summed E-state index contributed by atoms with van der Waals surface area (Å²) >= 11 is 0. The highest BCUT2D eigenvalue weighted by atomic mass is 16.5. The van der Waals surface area contributed by atoms with Crippen molar-refractivity contribution in [3.05, 3.63) is 58.9 Å². The Kier molecular flexibility index (Phi) is 4.58. The number of rotatable bonds is 6. The van der Waals surface area contributed by atoms with Crippen LogP contribution in [-0.2, 0) is 4.79 Å². The molecule has 0 spiro atoms. The van der Waals surface area contributed by atoms with Gasteiger partial charge in [0.2, 0.25) is 0 Å². The lowest BCUT2D eigenvalue weighted by Gasteiger charge is -2.23. The second-order valence-electron chi connectivity index (χ2n) is 7.31. The van der Waals surface area contributed by atoms with Gasteiger partial charge >= 0.3 is 5.97 Å². The average molecular weight is 379 g/mol. The molecule has 4 rings (SSSR count). The summed E-state index contributed by atoms with van der Waals surface area (Å²) in [5.74, 6) is -1.80. The fourth-order valence-electron chi connectivity index (χ4n) is 3.40. The SMILES string of the molecule is Cc1noc2nc(C3CC3)cc(C(=O)NC(c3ccccc3)C(C)C(=O)O)c12. The van der Waals surface area contributed by atoms with Crippen LogP contribution in [-0.4, -0.2) is 27.1 Å². The number of carbonyl (C=O) groups is 2. The van der Waals surface area contributed by atoms with Crippen LogP contribution in [0.1, 0.15) is 59.0 Å². The van der Waals surface area contributed by atoms with Gasteiger partial charge in [-0.2, -0.15) is 0 Å². The lowest BCUT2D eigenvalue weighted by Crippen LogP contribution is -2.35. The number of carbonyl (C=O) groups excluding carboxylic acids is 1. The number of aryl methyl sites for hydroxylation is 1. The predicted octanol–water partition coefficient (Wildman–Crippen LogP) is 3.60. The zero-order chi connectivity index (χ0) is 19.8. The minimum atomic E-state index is -0.978. The second kappa shape index (κ2) is 7.07. The molecule has 2 heterocycles. The molecule has 1 aromatic carbocycles. The van der Waals surface area contributed by atoms with E-state index in [9.17, 15) is 14.7 Å². The van der Waals surface area contributed by atoms with Crippen molar-refractivity contribution >= 4 is 23.0 Å². The molecule has 2 N–H and O–H groups in total. The molecule has 0 aliphatic heterocycles. The van der Waals surface area contributed by atoms with Crippen molar-refractivity contribution in [3.63, 3.8) is 0 Å². The molecule has 2 atom stereocenters. The first-order valence-corrected chi connectivity index (χ1v) is 9.31. The van der Waals surface area contributed by atoms with E-state index in [1.807, 2.05) is 30.3 Å². The maximum Gasteiger partial charge on any atom is 0.308 e. The Balaban J connectivity index is 1.73. The van der Waals surface area contributed by atoms with Crippen molar-refractivity contribution < 1.29 is 19.2 Å². The largest absolute Gasteiger partial charge is 0.481 e. The van der Waals surface area contributed by atoms with E-state index in [1.165, 1.54) is 0 Å². The quantitative estimate of drug-likeness (QED) is 0.678. The monoisotopic (exact) mass is 379 g/mol. The third-order valence-electron chi connectivity index (χ3n) is 5.21. The first kappa shape index (κ1) is 18.2. The van der Waals surface area contributed by atoms with Gasteiger partial charge in [-0.3, -0.25) is 9.59 Å². The van der Waals surface area contributed by atoms with Gasteiger partial charge in [-0.15, -0.1) is 0 Å². The molecule has 144 valence electrons. The summed E-state index contributed by atoms with van der Waals surface area (Å²) in [6, 6.07) is 10.2. The molecule has 0 bridgehead atoms. The smallest absolute Gasteiger partial charge is 0.308 e. The van der Waals surface area contributed by atoms with E-state index in [2.05, 4.69) is 15.5 Å². The van der Waals surface area contributed by atoms with Crippen molar-refractivity contribution in [1.82, 2.24) is 15.5 Å². The third-order valence-corrected chi connectivity index (χ3v) is 5.21. The number of nitrogens with zero attached hydrogens (tertiary/aromatic N) is 2. The molecule has 1 fully saturated rings. The van der Waals surface area contributed by atoms with E-state index in [-0.39, 0.29) is 5.91 Å². The Morgan fingerprint density at radius 1 is 1.25 bits per heavy atom. The molecule has 1 amide bonds. The summed E-state index contributed by atoms with van der Waals surface area (Å²) in [7, 11) is 0. The standard InChI is InChI=1S/C21H21N3O4/c1-11(21(26)27)18(14-6-4-3-5-7-14)23-19(25)15-10-16(13-8-9-13)22-20-17(15)12(2)24-28-20/h3-7,10-11,13,18H,8-9H2,1-2H3,(H,23,25)(H,26,27). The minimum absolute atomic E-state index is 0.337. The van der Waals surface area contributed by atoms with Crippen molar-refractivity contribution in [2.45, 2.75) is 38.6 Å². The van der Waals surface area contributed by atoms with Crippen LogP contribution in [0.25, 0.3) is 11.1 Å². The maximum absolute atomic E-state index is 13.2. The van der Waals surface area contributed by atoms with E-state index >= 15 is 0 Å². The van der Waals surface area contributed by atoms with Gasteiger partial charge in [-0.05, 0) is 38.3 Å². The molecule has 1 aliphatic carbocycles. The fourth-order valence-corrected chi connectivity index (χ4v) is 3.40. The highest BCUT2D eigenvalue weighted by Crippen LogP contribution is 2.40. The van der Waals surface area contributed by atoms with Crippen LogP contribution in [0.4, 0.5) is 0 Å². The van der Waals surface area contributed by atoms with Crippen LogP contribution >= 0.6 is 0 Å². The number of fused-ring (bicyclic) bond motifs is 1. The minimum Gasteiger partial charge on any atom is -0.481 e. The molecule has 1 saturated carbocycles. The van der Waals surface area contributed by atoms with Crippen molar-refractivity contribution in [3.8, 4) is 0 Å². The molecular formula is C21H21N3O4. The van der Waals surface area contributed by atoms with Gasteiger partial charge in [0.15, 0.2) is 0 Å². The number of hydrogen-bond donors (Lipinski definition) is 2. The third kappa shape index (κ3) is 3.35. The number of carboxylic acids is 1. The highest BCUT2D eigenvalue weighted by molar-refractivity contribution is 6.06. The molecule has 7 heteroatoms. The molecular weight excluding hydrogens is 358 g/mol. The van der Waals surface area contributed by atoms with E-state index < -0.39 is 17.9 Å². The number of hydrogen-bond acceptors (Lipinski definition) is 5. The number of amides is 1. The van der Waals surface area contributed by atoms with Crippen molar-refractivity contribution in [1.29, 1.82) is 0 Å². The zero-order valence-electron chi connectivity index (χ0n) is 15.7. The summed E-state index contributed by atoms with van der Waals surface area (Å²) in [5.41, 5.74) is 2.90. The van der Waals surface area contributed by atoms with E-state index in [4.69, 9.17) is 4.52 Å². The normalized spacial score (nSPS) is 15.9. The Morgan fingerprint density at radius 3 is 2.61 bits per heavy atom. The van der Waals surface area contributed by atoms with Crippen molar-refractivity contribution in [2.24, 2.45) is 5.92 Å². The van der Waals surface area contributed by atoms with Crippen molar-refractivity contribution in [2.75, 3.05) is 0 Å². The number of aromatic nitrogens is 2. The first-order valence-electron chi connectivity index (χ1n) is 9.31. The van der Waals surface area contributed by atoms with Gasteiger partial charge in [-0.1, -0.05) is 35.5 Å². The summed E-state index contributed by atoms with van der Waals surface area (Å²) in [4.78, 5) is 29.3. The maximum atomic E-state index is 13.2. The van der Waals surface area contributed by atoms with E-state index in [0.29, 0.717) is 28.3 Å². The van der Waals surface area contributed by atoms with Crippen LogP contribution in [0.3, 0.4) is 0 Å². The predicted molar refractivity (Wildman–Crippen MR) is 102 cm³/mol. The van der Waals surface area contributed by atoms with E-state index in [0.717, 1.165) is 24.1 Å².